The third kappa shape index (κ3) is 4.26. The molecule has 1 rings (SSSR count). The number of hydrogen-bond acceptors (Lipinski definition) is 5. The number of carbonyl (C=O) groups is 3. The standard InChI is InChI=1S/C11H20N4O5/c1-11(2,3)20-10(19)15(6-8(16)13-12)7-4-14(5-7)9(17)18/h7H,4-6,12H2,1-3H3,(H,13,16)(H,17,18). The smallest absolute Gasteiger partial charge is 0.411 e. The lowest BCUT2D eigenvalue weighted by molar-refractivity contribution is -0.123. The highest BCUT2D eigenvalue weighted by atomic mass is 16.6. The molecule has 0 atom stereocenters. The summed E-state index contributed by atoms with van der Waals surface area (Å²) in [4.78, 5) is 36.4. The Morgan fingerprint density at radius 2 is 1.95 bits per heavy atom. The minimum atomic E-state index is -1.06. The van der Waals surface area contributed by atoms with E-state index in [1.54, 1.807) is 20.8 Å². The van der Waals surface area contributed by atoms with Gasteiger partial charge in [0.05, 0.1) is 6.04 Å². The maximum absolute atomic E-state index is 12.0. The number of amides is 3. The van der Waals surface area contributed by atoms with Gasteiger partial charge in [0.15, 0.2) is 0 Å². The van der Waals surface area contributed by atoms with Crippen LogP contribution in [-0.4, -0.2) is 64.3 Å². The Hall–Kier alpha value is -2.03. The van der Waals surface area contributed by atoms with Gasteiger partial charge < -0.3 is 14.7 Å². The zero-order valence-electron chi connectivity index (χ0n) is 11.8. The van der Waals surface area contributed by atoms with Gasteiger partial charge in [0.2, 0.25) is 0 Å². The second-order valence-electron chi connectivity index (χ2n) is 5.52. The van der Waals surface area contributed by atoms with Crippen molar-refractivity contribution in [2.24, 2.45) is 5.84 Å². The summed E-state index contributed by atoms with van der Waals surface area (Å²) in [6.45, 7) is 5.13. The number of likely N-dealkylation sites (tertiary alicyclic amines) is 1. The summed E-state index contributed by atoms with van der Waals surface area (Å²) in [5, 5.41) is 8.78. The molecule has 0 aromatic carbocycles. The second-order valence-corrected chi connectivity index (χ2v) is 5.52. The van der Waals surface area contributed by atoms with Gasteiger partial charge in [-0.1, -0.05) is 0 Å². The number of nitrogens with two attached hydrogens (primary N) is 1. The molecule has 0 aromatic heterocycles. The van der Waals surface area contributed by atoms with Crippen LogP contribution in [0.4, 0.5) is 9.59 Å². The van der Waals surface area contributed by atoms with Crippen LogP contribution in [0.2, 0.25) is 0 Å². The third-order valence-electron chi connectivity index (χ3n) is 2.68. The van der Waals surface area contributed by atoms with Gasteiger partial charge in [-0.2, -0.15) is 0 Å². The highest BCUT2D eigenvalue weighted by Gasteiger charge is 2.39. The minimum absolute atomic E-state index is 0.145. The Morgan fingerprint density at radius 1 is 1.40 bits per heavy atom. The van der Waals surface area contributed by atoms with E-state index in [1.807, 2.05) is 5.43 Å². The van der Waals surface area contributed by atoms with E-state index < -0.39 is 29.7 Å². The SMILES string of the molecule is CC(C)(C)OC(=O)N(CC(=O)NN)C1CN(C(=O)O)C1. The molecule has 0 aromatic rings. The Bertz CT molecular complexity index is 400. The monoisotopic (exact) mass is 288 g/mol. The average Bonchev–Trinajstić information content (AvgIpc) is 2.22. The molecule has 9 nitrogen and oxygen atoms in total. The van der Waals surface area contributed by atoms with E-state index in [1.165, 1.54) is 4.90 Å². The van der Waals surface area contributed by atoms with Gasteiger partial charge in [-0.25, -0.2) is 15.4 Å². The zero-order valence-corrected chi connectivity index (χ0v) is 11.8. The predicted octanol–water partition coefficient (Wildman–Crippen LogP) is -0.424. The summed E-state index contributed by atoms with van der Waals surface area (Å²) in [5.74, 6) is 4.45. The van der Waals surface area contributed by atoms with Crippen LogP contribution < -0.4 is 11.3 Å². The van der Waals surface area contributed by atoms with Gasteiger partial charge in [-0.3, -0.25) is 15.1 Å². The molecule has 114 valence electrons. The molecule has 3 amide bonds. The average molecular weight is 288 g/mol. The Labute approximate surface area is 116 Å². The first-order valence-corrected chi connectivity index (χ1v) is 6.11. The van der Waals surface area contributed by atoms with E-state index in [0.29, 0.717) is 0 Å². The largest absolute Gasteiger partial charge is 0.465 e. The topological polar surface area (TPSA) is 125 Å². The zero-order chi connectivity index (χ0) is 15.5. The summed E-state index contributed by atoms with van der Waals surface area (Å²) in [6.07, 6.45) is -1.73. The first kappa shape index (κ1) is 16.0. The van der Waals surface area contributed by atoms with Crippen molar-refractivity contribution in [1.29, 1.82) is 0 Å². The number of nitrogens with zero attached hydrogens (tertiary/aromatic N) is 2. The fraction of sp³-hybridized carbons (Fsp3) is 0.727. The molecule has 1 heterocycles. The van der Waals surface area contributed by atoms with E-state index in [2.05, 4.69) is 0 Å². The van der Waals surface area contributed by atoms with E-state index in [0.717, 1.165) is 4.90 Å². The predicted molar refractivity (Wildman–Crippen MR) is 68.7 cm³/mol. The number of ether oxygens (including phenoxy) is 1. The number of carbonyl (C=O) groups excluding carboxylic acids is 2. The van der Waals surface area contributed by atoms with E-state index in [4.69, 9.17) is 15.7 Å². The summed E-state index contributed by atoms with van der Waals surface area (Å²) in [5.41, 5.74) is 1.23. The Balaban J connectivity index is 2.69. The molecule has 0 spiro atoms. The number of nitrogens with one attached hydrogen (secondary N) is 1. The van der Waals surface area contributed by atoms with Gasteiger partial charge in [0.1, 0.15) is 12.1 Å². The second kappa shape index (κ2) is 5.95. The van der Waals surface area contributed by atoms with Gasteiger partial charge in [0, 0.05) is 13.1 Å². The number of hydrazine groups is 1. The van der Waals surface area contributed by atoms with E-state index >= 15 is 0 Å². The van der Waals surface area contributed by atoms with E-state index in [-0.39, 0.29) is 19.6 Å². The molecular weight excluding hydrogens is 268 g/mol. The van der Waals surface area contributed by atoms with Crippen LogP contribution in [0.1, 0.15) is 20.8 Å². The molecule has 20 heavy (non-hydrogen) atoms. The van der Waals surface area contributed by atoms with Crippen molar-refractivity contribution in [2.75, 3.05) is 19.6 Å². The molecule has 1 fully saturated rings. The van der Waals surface area contributed by atoms with Crippen molar-refractivity contribution in [3.05, 3.63) is 0 Å². The molecule has 1 aliphatic heterocycles. The summed E-state index contributed by atoms with van der Waals surface area (Å²) in [7, 11) is 0. The fourth-order valence-corrected chi connectivity index (χ4v) is 1.67. The lowest BCUT2D eigenvalue weighted by atomic mass is 10.1. The van der Waals surface area contributed by atoms with Crippen LogP contribution in [-0.2, 0) is 9.53 Å². The normalized spacial score (nSPS) is 15.3. The van der Waals surface area contributed by atoms with Gasteiger partial charge >= 0.3 is 12.2 Å². The summed E-state index contributed by atoms with van der Waals surface area (Å²) in [6, 6.07) is -0.391. The van der Waals surface area contributed by atoms with E-state index in [9.17, 15) is 14.4 Å². The molecule has 0 unspecified atom stereocenters. The van der Waals surface area contributed by atoms with Crippen LogP contribution in [0.15, 0.2) is 0 Å². The third-order valence-corrected chi connectivity index (χ3v) is 2.68. The van der Waals surface area contributed by atoms with Gasteiger partial charge in [0.25, 0.3) is 5.91 Å². The molecule has 1 aliphatic rings. The van der Waals surface area contributed by atoms with Crippen molar-refractivity contribution in [1.82, 2.24) is 15.2 Å². The van der Waals surface area contributed by atoms with Crippen LogP contribution >= 0.6 is 0 Å². The van der Waals surface area contributed by atoms with Crippen LogP contribution in [0.3, 0.4) is 0 Å². The summed E-state index contributed by atoms with van der Waals surface area (Å²) >= 11 is 0. The molecule has 0 aliphatic carbocycles. The molecular formula is C11H20N4O5. The first-order valence-electron chi connectivity index (χ1n) is 6.11. The maximum Gasteiger partial charge on any atom is 0.411 e. The maximum atomic E-state index is 12.0. The molecule has 1 saturated heterocycles. The minimum Gasteiger partial charge on any atom is -0.465 e. The van der Waals surface area contributed by atoms with Crippen molar-refractivity contribution >= 4 is 18.1 Å². The van der Waals surface area contributed by atoms with Crippen LogP contribution in [0, 0.1) is 0 Å². The van der Waals surface area contributed by atoms with Gasteiger partial charge in [-0.15, -0.1) is 0 Å². The van der Waals surface area contributed by atoms with Gasteiger partial charge in [-0.05, 0) is 20.8 Å². The van der Waals surface area contributed by atoms with Crippen molar-refractivity contribution in [3.8, 4) is 0 Å². The molecule has 4 N–H and O–H groups in total. The quantitative estimate of drug-likeness (QED) is 0.368. The van der Waals surface area contributed by atoms with Crippen LogP contribution in [0.5, 0.6) is 0 Å². The van der Waals surface area contributed by atoms with Crippen molar-refractivity contribution < 1.29 is 24.2 Å². The van der Waals surface area contributed by atoms with Crippen molar-refractivity contribution in [2.45, 2.75) is 32.4 Å². The highest BCUT2D eigenvalue weighted by molar-refractivity contribution is 5.82. The summed E-state index contributed by atoms with van der Waals surface area (Å²) < 4.78 is 5.20. The number of hydrogen-bond donors (Lipinski definition) is 3. The first-order chi connectivity index (χ1) is 9.14. The Morgan fingerprint density at radius 3 is 2.35 bits per heavy atom. The fourth-order valence-electron chi connectivity index (χ4n) is 1.67. The van der Waals surface area contributed by atoms with Crippen LogP contribution in [0.25, 0.3) is 0 Å². The lowest BCUT2D eigenvalue weighted by Crippen LogP contribution is -2.64. The lowest BCUT2D eigenvalue weighted by Gasteiger charge is -2.43. The Kier molecular flexibility index (Phi) is 4.77. The molecule has 9 heteroatoms. The molecule has 0 bridgehead atoms. The molecule has 0 saturated carbocycles. The number of carboxylic acid groups (broad SMARTS) is 1. The van der Waals surface area contributed by atoms with Crippen molar-refractivity contribution in [3.63, 3.8) is 0 Å². The number of rotatable bonds is 3. The molecule has 0 radical (unpaired) electrons. The highest BCUT2D eigenvalue weighted by Crippen LogP contribution is 2.18.